The summed E-state index contributed by atoms with van der Waals surface area (Å²) in [5.41, 5.74) is 5.11. The van der Waals surface area contributed by atoms with E-state index in [9.17, 15) is 0 Å². The second kappa shape index (κ2) is 8.59. The molecule has 82 valence electrons. The van der Waals surface area contributed by atoms with Crippen LogP contribution in [-0.4, -0.2) is 0 Å². The van der Waals surface area contributed by atoms with Crippen molar-refractivity contribution in [1.29, 1.82) is 0 Å². The fourth-order valence-corrected chi connectivity index (χ4v) is 1.52. The van der Waals surface area contributed by atoms with Crippen molar-refractivity contribution in [2.24, 2.45) is 0 Å². The van der Waals surface area contributed by atoms with E-state index >= 15 is 0 Å². The third-order valence-electron chi connectivity index (χ3n) is 2.49. The van der Waals surface area contributed by atoms with Gasteiger partial charge in [0.25, 0.3) is 0 Å². The molecule has 0 saturated heterocycles. The molecule has 0 atom stereocenters. The summed E-state index contributed by atoms with van der Waals surface area (Å²) in [6, 6.07) is 17.1. The largest absolute Gasteiger partial charge is 0.126 e. The molecular formula is C15H15Y2-. The van der Waals surface area contributed by atoms with Crippen LogP contribution < -0.4 is 0 Å². The average Bonchev–Trinajstić information content (AvgIpc) is 2.25. The van der Waals surface area contributed by atoms with Gasteiger partial charge in [0.05, 0.1) is 0 Å². The van der Waals surface area contributed by atoms with Crippen molar-refractivity contribution < 1.29 is 65.4 Å². The summed E-state index contributed by atoms with van der Waals surface area (Å²) in [6.45, 7) is 4.21. The van der Waals surface area contributed by atoms with Gasteiger partial charge >= 0.3 is 0 Å². The van der Waals surface area contributed by atoms with E-state index in [0.29, 0.717) is 0 Å². The zero-order valence-corrected chi connectivity index (χ0v) is 16.0. The first-order chi connectivity index (χ1) is 7.24. The maximum atomic E-state index is 2.19. The summed E-state index contributed by atoms with van der Waals surface area (Å²) >= 11 is 0. The Labute approximate surface area is 154 Å². The van der Waals surface area contributed by atoms with Crippen LogP contribution in [0.5, 0.6) is 0 Å². The average molecular weight is 373 g/mol. The van der Waals surface area contributed by atoms with Gasteiger partial charge in [0.15, 0.2) is 0 Å². The van der Waals surface area contributed by atoms with Gasteiger partial charge in [0, 0.05) is 65.4 Å². The first-order valence-corrected chi connectivity index (χ1v) is 5.22. The van der Waals surface area contributed by atoms with E-state index in [1.54, 1.807) is 0 Å². The number of rotatable bonds is 2. The van der Waals surface area contributed by atoms with Crippen LogP contribution in [0.1, 0.15) is 22.3 Å². The van der Waals surface area contributed by atoms with Crippen molar-refractivity contribution >= 4 is 0 Å². The molecule has 0 saturated carbocycles. The Morgan fingerprint density at radius 2 is 0.882 bits per heavy atom. The summed E-state index contributed by atoms with van der Waals surface area (Å²) < 4.78 is 0. The fraction of sp³-hybridized carbons (Fsp3) is 0.133. The summed E-state index contributed by atoms with van der Waals surface area (Å²) in [5.74, 6) is 0. The zero-order valence-electron chi connectivity index (χ0n) is 10.4. The minimum absolute atomic E-state index is 0. The predicted octanol–water partition coefficient (Wildman–Crippen LogP) is 3.90. The van der Waals surface area contributed by atoms with Crippen molar-refractivity contribution in [2.45, 2.75) is 13.8 Å². The van der Waals surface area contributed by atoms with E-state index < -0.39 is 0 Å². The topological polar surface area (TPSA) is 0 Å². The molecule has 0 aliphatic carbocycles. The van der Waals surface area contributed by atoms with Crippen LogP contribution in [0.25, 0.3) is 0 Å². The Morgan fingerprint density at radius 1 is 0.588 bits per heavy atom. The van der Waals surface area contributed by atoms with Crippen LogP contribution in [-0.2, 0) is 65.4 Å². The smallest absolute Gasteiger partial charge is 0 e. The molecule has 2 aromatic rings. The Balaban J connectivity index is 0.00000128. The number of hydrogen-bond donors (Lipinski definition) is 0. The quantitative estimate of drug-likeness (QED) is 0.701. The van der Waals surface area contributed by atoms with Crippen molar-refractivity contribution in [3.63, 3.8) is 0 Å². The predicted molar refractivity (Wildman–Crippen MR) is 64.9 cm³/mol. The first kappa shape index (κ1) is 17.5. The van der Waals surface area contributed by atoms with Crippen LogP contribution in [0.4, 0.5) is 0 Å². The summed E-state index contributed by atoms with van der Waals surface area (Å²) in [5, 5.41) is 0. The second-order valence-electron chi connectivity index (χ2n) is 3.97. The van der Waals surface area contributed by atoms with Gasteiger partial charge < -0.3 is 0 Å². The molecular weight excluding hydrogens is 358 g/mol. The van der Waals surface area contributed by atoms with E-state index in [0.717, 1.165) is 0 Å². The van der Waals surface area contributed by atoms with Gasteiger partial charge in [-0.3, -0.25) is 0 Å². The summed E-state index contributed by atoms with van der Waals surface area (Å²) in [4.78, 5) is 0. The van der Waals surface area contributed by atoms with Crippen LogP contribution >= 0.6 is 0 Å². The molecule has 0 unspecified atom stereocenters. The van der Waals surface area contributed by atoms with Gasteiger partial charge in [0.1, 0.15) is 0 Å². The standard InChI is InChI=1S/C15H15.2Y/c1-12-3-7-14(8-4-12)11-15-9-5-13(2)6-10-15;;/h3-11H,1-2H3;;/q-1;;. The first-order valence-electron chi connectivity index (χ1n) is 5.22. The molecule has 0 aromatic heterocycles. The molecule has 2 aromatic carbocycles. The van der Waals surface area contributed by atoms with Gasteiger partial charge in [-0.25, -0.2) is 0 Å². The molecule has 0 nitrogen and oxygen atoms in total. The molecule has 2 heteroatoms. The Morgan fingerprint density at radius 3 is 1.18 bits per heavy atom. The third kappa shape index (κ3) is 5.79. The van der Waals surface area contributed by atoms with Crippen LogP contribution in [0.2, 0.25) is 0 Å². The molecule has 0 fully saturated rings. The molecule has 0 aliphatic rings. The maximum Gasteiger partial charge on any atom is 0 e. The molecule has 0 N–H and O–H groups in total. The van der Waals surface area contributed by atoms with Crippen molar-refractivity contribution in [1.82, 2.24) is 0 Å². The molecule has 0 bridgehead atoms. The van der Waals surface area contributed by atoms with Crippen LogP contribution in [0.15, 0.2) is 48.5 Å². The minimum Gasteiger partial charge on any atom is -0.126 e. The van der Waals surface area contributed by atoms with Gasteiger partial charge in [-0.15, -0.1) is 41.8 Å². The monoisotopic (exact) mass is 373 g/mol. The molecule has 17 heavy (non-hydrogen) atoms. The fourth-order valence-electron chi connectivity index (χ4n) is 1.52. The summed E-state index contributed by atoms with van der Waals surface area (Å²) in [6.07, 6.45) is 2.19. The molecule has 0 amide bonds. The van der Waals surface area contributed by atoms with Gasteiger partial charge in [-0.05, 0) is 13.8 Å². The Kier molecular flexibility index (Phi) is 8.85. The van der Waals surface area contributed by atoms with E-state index in [1.807, 2.05) is 0 Å². The SMILES string of the molecule is Cc1ccc([CH-]c2ccc(C)cc2)cc1.[Y].[Y]. The normalized spacial score (nSPS) is 8.82. The number of benzene rings is 2. The summed E-state index contributed by atoms with van der Waals surface area (Å²) in [7, 11) is 0. The molecule has 0 aliphatic heterocycles. The van der Waals surface area contributed by atoms with Crippen molar-refractivity contribution in [2.75, 3.05) is 0 Å². The van der Waals surface area contributed by atoms with Crippen molar-refractivity contribution in [3.8, 4) is 0 Å². The van der Waals surface area contributed by atoms with E-state index in [2.05, 4.69) is 68.8 Å². The maximum absolute atomic E-state index is 2.19. The second-order valence-corrected chi connectivity index (χ2v) is 3.97. The van der Waals surface area contributed by atoms with E-state index in [-0.39, 0.29) is 65.4 Å². The molecule has 0 spiro atoms. The Hall–Kier alpha value is 0.518. The molecule has 0 heterocycles. The zero-order chi connectivity index (χ0) is 10.7. The van der Waals surface area contributed by atoms with Gasteiger partial charge in [-0.1, -0.05) is 35.4 Å². The molecule has 2 radical (unpaired) electrons. The van der Waals surface area contributed by atoms with Crippen molar-refractivity contribution in [3.05, 3.63) is 77.2 Å². The minimum atomic E-state index is 0. The van der Waals surface area contributed by atoms with Gasteiger partial charge in [0.2, 0.25) is 0 Å². The van der Waals surface area contributed by atoms with E-state index in [4.69, 9.17) is 0 Å². The number of aryl methyl sites for hydroxylation is 2. The van der Waals surface area contributed by atoms with E-state index in [1.165, 1.54) is 22.3 Å². The van der Waals surface area contributed by atoms with Gasteiger partial charge in [-0.2, -0.15) is 0 Å². The molecule has 2 rings (SSSR count). The van der Waals surface area contributed by atoms with Crippen LogP contribution in [0.3, 0.4) is 0 Å². The van der Waals surface area contributed by atoms with Crippen LogP contribution in [0, 0.1) is 20.3 Å². The Bertz CT molecular complexity index is 386. The number of hydrogen-bond acceptors (Lipinski definition) is 0. The third-order valence-corrected chi connectivity index (χ3v) is 2.49.